The first-order valence-electron chi connectivity index (χ1n) is 11.5. The number of pyridine rings is 3. The van der Waals surface area contributed by atoms with E-state index in [1.54, 1.807) is 24.8 Å². The van der Waals surface area contributed by atoms with E-state index in [9.17, 15) is 0 Å². The maximum atomic E-state index is 4.22. The van der Waals surface area contributed by atoms with E-state index in [-0.39, 0.29) is 19.5 Å². The maximum Gasteiger partial charge on any atom is 3.00 e. The van der Waals surface area contributed by atoms with Crippen molar-refractivity contribution in [2.45, 2.75) is 0 Å². The summed E-state index contributed by atoms with van der Waals surface area (Å²) in [5.74, 6) is 0. The van der Waals surface area contributed by atoms with Gasteiger partial charge in [0.1, 0.15) is 0 Å². The van der Waals surface area contributed by atoms with Crippen molar-refractivity contribution in [1.29, 1.82) is 0 Å². The van der Waals surface area contributed by atoms with E-state index in [1.807, 2.05) is 133 Å². The molecule has 0 N–H and O–H groups in total. The molecule has 0 fully saturated rings. The summed E-state index contributed by atoms with van der Waals surface area (Å²) in [6, 6.07) is 51.8. The zero-order valence-corrected chi connectivity index (χ0v) is 21.8. The van der Waals surface area contributed by atoms with E-state index in [0.717, 1.165) is 22.5 Å². The minimum Gasteiger partial charge on any atom is -0.305 e. The van der Waals surface area contributed by atoms with Crippen LogP contribution in [-0.4, -0.2) is 15.0 Å². The standard InChI is InChI=1S/2C11H8N.C6H5.C5H5N.Rh/c2*1-2-6-10(7-3-1)11-8-4-5-9-12-11;2*1-2-4-6-5-3-1;/h2*1-6,8-9H;2*1-5H;/q3*-1;;+3. The fraction of sp³-hybridized carbons (Fsp3) is 0. The zero-order valence-electron chi connectivity index (χ0n) is 20.2. The van der Waals surface area contributed by atoms with Gasteiger partial charge in [-0.2, -0.15) is 36.4 Å². The van der Waals surface area contributed by atoms with Gasteiger partial charge in [-0.1, -0.05) is 30.3 Å². The number of nitrogens with zero attached hydrogens (tertiary/aromatic N) is 3. The fourth-order valence-electron chi connectivity index (χ4n) is 2.80. The molecule has 0 bridgehead atoms. The third-order valence-corrected chi connectivity index (χ3v) is 4.47. The van der Waals surface area contributed by atoms with Gasteiger partial charge < -0.3 is 9.97 Å². The van der Waals surface area contributed by atoms with Gasteiger partial charge in [-0.05, 0) is 35.7 Å². The van der Waals surface area contributed by atoms with Gasteiger partial charge in [0.2, 0.25) is 0 Å². The van der Waals surface area contributed by atoms with Crippen LogP contribution in [0.25, 0.3) is 22.5 Å². The molecule has 37 heavy (non-hydrogen) atoms. The van der Waals surface area contributed by atoms with E-state index in [2.05, 4.69) is 33.2 Å². The predicted molar refractivity (Wildman–Crippen MR) is 147 cm³/mol. The summed E-state index contributed by atoms with van der Waals surface area (Å²) in [7, 11) is 0. The minimum atomic E-state index is 0. The largest absolute Gasteiger partial charge is 3.00 e. The summed E-state index contributed by atoms with van der Waals surface area (Å²) in [4.78, 5) is 12.2. The van der Waals surface area contributed by atoms with Crippen molar-refractivity contribution in [2.75, 3.05) is 0 Å². The summed E-state index contributed by atoms with van der Waals surface area (Å²) in [5, 5.41) is 0. The van der Waals surface area contributed by atoms with Crippen LogP contribution in [0.15, 0.2) is 158 Å². The maximum absolute atomic E-state index is 4.22. The molecular weight excluding hydrogens is 541 g/mol. The number of aromatic nitrogens is 3. The second kappa shape index (κ2) is 19.0. The van der Waals surface area contributed by atoms with Crippen LogP contribution in [0.3, 0.4) is 0 Å². The Balaban J connectivity index is 0.000000181. The van der Waals surface area contributed by atoms with E-state index >= 15 is 0 Å². The molecule has 0 aliphatic heterocycles. The Morgan fingerprint density at radius 3 is 1.11 bits per heavy atom. The van der Waals surface area contributed by atoms with Crippen molar-refractivity contribution >= 4 is 0 Å². The Kier molecular flexibility index (Phi) is 14.9. The topological polar surface area (TPSA) is 38.7 Å². The third kappa shape index (κ3) is 12.3. The van der Waals surface area contributed by atoms with Gasteiger partial charge >= 0.3 is 19.5 Å². The molecule has 3 heterocycles. The predicted octanol–water partition coefficient (Wildman–Crippen LogP) is 7.66. The Hall–Kier alpha value is -4.27. The van der Waals surface area contributed by atoms with Gasteiger partial charge in [-0.15, -0.1) is 71.8 Å². The molecule has 6 rings (SSSR count). The van der Waals surface area contributed by atoms with Gasteiger partial charge in [0, 0.05) is 24.8 Å². The molecule has 0 saturated carbocycles. The monoisotopic (exact) mass is 567 g/mol. The molecule has 0 unspecified atom stereocenters. The summed E-state index contributed by atoms with van der Waals surface area (Å²) < 4.78 is 0. The van der Waals surface area contributed by atoms with Gasteiger partial charge in [-0.3, -0.25) is 4.98 Å². The molecule has 0 aliphatic rings. The molecule has 0 spiro atoms. The van der Waals surface area contributed by atoms with Crippen LogP contribution in [0.5, 0.6) is 0 Å². The molecule has 0 radical (unpaired) electrons. The molecular formula is C33H26N3Rh. The van der Waals surface area contributed by atoms with Crippen LogP contribution in [0.1, 0.15) is 0 Å². The Bertz CT molecular complexity index is 1050. The second-order valence-electron chi connectivity index (χ2n) is 7.08. The van der Waals surface area contributed by atoms with E-state index in [1.165, 1.54) is 0 Å². The Labute approximate surface area is 232 Å². The van der Waals surface area contributed by atoms with Crippen LogP contribution in [-0.2, 0) is 19.5 Å². The van der Waals surface area contributed by atoms with Crippen molar-refractivity contribution in [3.63, 3.8) is 0 Å². The summed E-state index contributed by atoms with van der Waals surface area (Å²) >= 11 is 0. The molecule has 0 amide bonds. The Morgan fingerprint density at radius 1 is 0.405 bits per heavy atom. The first-order valence-corrected chi connectivity index (χ1v) is 11.5. The molecule has 0 aliphatic carbocycles. The van der Waals surface area contributed by atoms with Gasteiger partial charge in [0.15, 0.2) is 0 Å². The smallest absolute Gasteiger partial charge is 0.305 e. The molecule has 182 valence electrons. The molecule has 3 aromatic carbocycles. The van der Waals surface area contributed by atoms with Crippen molar-refractivity contribution in [3.8, 4) is 22.5 Å². The average molecular weight is 567 g/mol. The first-order chi connectivity index (χ1) is 17.9. The number of hydrogen-bond acceptors (Lipinski definition) is 3. The SMILES string of the molecule is [Rh+3].[c-]1ccccc1.[c-]1ccccc1-c1ccccn1.[c-]1ccccc1-c1ccccn1.c1ccncc1. The molecule has 3 nitrogen and oxygen atoms in total. The number of hydrogen-bond donors (Lipinski definition) is 0. The van der Waals surface area contributed by atoms with Crippen molar-refractivity contribution in [3.05, 3.63) is 176 Å². The molecule has 3 aromatic heterocycles. The fourth-order valence-corrected chi connectivity index (χ4v) is 2.80. The number of rotatable bonds is 2. The van der Waals surface area contributed by atoms with Crippen molar-refractivity contribution in [2.24, 2.45) is 0 Å². The number of benzene rings is 3. The van der Waals surface area contributed by atoms with Crippen molar-refractivity contribution < 1.29 is 19.5 Å². The van der Waals surface area contributed by atoms with Gasteiger partial charge in [0.05, 0.1) is 0 Å². The first kappa shape index (κ1) is 29.0. The van der Waals surface area contributed by atoms with Crippen molar-refractivity contribution in [1.82, 2.24) is 15.0 Å². The summed E-state index contributed by atoms with van der Waals surface area (Å²) in [6.07, 6.45) is 7.08. The van der Waals surface area contributed by atoms with Crippen LogP contribution in [0.2, 0.25) is 0 Å². The van der Waals surface area contributed by atoms with Crippen LogP contribution in [0, 0.1) is 18.2 Å². The molecule has 4 heteroatoms. The van der Waals surface area contributed by atoms with E-state index < -0.39 is 0 Å². The second-order valence-corrected chi connectivity index (χ2v) is 7.08. The molecule has 0 atom stereocenters. The van der Waals surface area contributed by atoms with Crippen LogP contribution < -0.4 is 0 Å². The van der Waals surface area contributed by atoms with E-state index in [4.69, 9.17) is 0 Å². The van der Waals surface area contributed by atoms with Crippen LogP contribution in [0.4, 0.5) is 0 Å². The van der Waals surface area contributed by atoms with Gasteiger partial charge in [0.25, 0.3) is 0 Å². The minimum absolute atomic E-state index is 0. The van der Waals surface area contributed by atoms with E-state index in [0.29, 0.717) is 0 Å². The normalized spacial score (nSPS) is 8.86. The quantitative estimate of drug-likeness (QED) is 0.159. The van der Waals surface area contributed by atoms with Crippen LogP contribution >= 0.6 is 0 Å². The third-order valence-electron chi connectivity index (χ3n) is 4.47. The summed E-state index contributed by atoms with van der Waals surface area (Å²) in [6.45, 7) is 0. The zero-order chi connectivity index (χ0) is 24.9. The molecule has 6 aromatic rings. The molecule has 0 saturated heterocycles. The van der Waals surface area contributed by atoms with Gasteiger partial charge in [-0.25, -0.2) is 0 Å². The Morgan fingerprint density at radius 2 is 0.838 bits per heavy atom. The average Bonchev–Trinajstić information content (AvgIpc) is 3.02. The summed E-state index contributed by atoms with van der Waals surface area (Å²) in [5.41, 5.74) is 4.02.